The van der Waals surface area contributed by atoms with Crippen LogP contribution in [0.15, 0.2) is 170 Å². The van der Waals surface area contributed by atoms with Crippen molar-refractivity contribution in [2.45, 2.75) is 13.8 Å². The number of nitriles is 2. The minimum Gasteiger partial charge on any atom is -0.309 e. The molecule has 262 valence electrons. The average molecular weight is 715 g/mol. The molecule has 10 aromatic rings. The summed E-state index contributed by atoms with van der Waals surface area (Å²) in [4.78, 5) is 0. The standard InChI is InChI=1S/C52H34N4/c1-33-12-11-13-34(2)51(33)56-46-19-10-9-18-42(46)43-24-27-49(50(52(43)56)41-23-20-35(31-53)28-40(41)32-54)55-47-25-21-38(36-14-5-3-6-15-36)29-44(47)45-30-39(22-26-48(45)55)37-16-7-4-8-17-37/h3-30H,1-2H3. The van der Waals surface area contributed by atoms with Crippen LogP contribution in [0, 0.1) is 36.5 Å². The molecule has 0 radical (unpaired) electrons. The third-order valence-corrected chi connectivity index (χ3v) is 11.2. The molecule has 0 bridgehead atoms. The lowest BCUT2D eigenvalue weighted by atomic mass is 9.94. The van der Waals surface area contributed by atoms with Gasteiger partial charge in [0.1, 0.15) is 0 Å². The Morgan fingerprint density at radius 3 is 1.62 bits per heavy atom. The van der Waals surface area contributed by atoms with Gasteiger partial charge in [-0.3, -0.25) is 0 Å². The van der Waals surface area contributed by atoms with Crippen LogP contribution in [-0.4, -0.2) is 9.13 Å². The topological polar surface area (TPSA) is 57.4 Å². The van der Waals surface area contributed by atoms with Crippen LogP contribution in [0.3, 0.4) is 0 Å². The van der Waals surface area contributed by atoms with Crippen molar-refractivity contribution in [3.63, 3.8) is 0 Å². The molecular weight excluding hydrogens is 681 g/mol. The molecule has 2 heterocycles. The van der Waals surface area contributed by atoms with Gasteiger partial charge in [-0.2, -0.15) is 10.5 Å². The van der Waals surface area contributed by atoms with Crippen molar-refractivity contribution in [3.05, 3.63) is 192 Å². The molecule has 0 aliphatic heterocycles. The van der Waals surface area contributed by atoms with Gasteiger partial charge in [-0.05, 0) is 95.8 Å². The van der Waals surface area contributed by atoms with E-state index in [9.17, 15) is 10.5 Å². The Kier molecular flexibility index (Phi) is 7.66. The van der Waals surface area contributed by atoms with Gasteiger partial charge in [0.25, 0.3) is 0 Å². The molecule has 0 amide bonds. The maximum absolute atomic E-state index is 10.8. The van der Waals surface area contributed by atoms with E-state index in [1.807, 2.05) is 24.3 Å². The lowest BCUT2D eigenvalue weighted by molar-refractivity contribution is 1.11. The first-order valence-corrected chi connectivity index (χ1v) is 18.8. The van der Waals surface area contributed by atoms with E-state index >= 15 is 0 Å². The Morgan fingerprint density at radius 1 is 0.429 bits per heavy atom. The summed E-state index contributed by atoms with van der Waals surface area (Å²) in [6.07, 6.45) is 0. The Labute approximate surface area is 325 Å². The number of hydrogen-bond donors (Lipinski definition) is 0. The van der Waals surface area contributed by atoms with Crippen molar-refractivity contribution in [2.75, 3.05) is 0 Å². The van der Waals surface area contributed by atoms with Crippen LogP contribution in [-0.2, 0) is 0 Å². The zero-order chi connectivity index (χ0) is 37.9. The highest BCUT2D eigenvalue weighted by molar-refractivity contribution is 6.18. The summed E-state index contributed by atoms with van der Waals surface area (Å²) in [7, 11) is 0. The van der Waals surface area contributed by atoms with Gasteiger partial charge in [-0.1, -0.05) is 121 Å². The molecule has 0 aliphatic rings. The van der Waals surface area contributed by atoms with Crippen LogP contribution in [0.25, 0.3) is 88.4 Å². The van der Waals surface area contributed by atoms with Crippen LogP contribution in [0.1, 0.15) is 22.3 Å². The SMILES string of the molecule is Cc1cccc(C)c1-n1c2ccccc2c2ccc(-n3c4ccc(-c5ccccc5)cc4c4cc(-c5ccccc5)ccc43)c(-c3ccc(C#N)cc3C#N)c21. The number of hydrogen-bond acceptors (Lipinski definition) is 2. The third kappa shape index (κ3) is 5.05. The van der Waals surface area contributed by atoms with Crippen LogP contribution in [0.5, 0.6) is 0 Å². The fourth-order valence-corrected chi connectivity index (χ4v) is 8.72. The van der Waals surface area contributed by atoms with E-state index in [-0.39, 0.29) is 0 Å². The highest BCUT2D eigenvalue weighted by Gasteiger charge is 2.25. The zero-order valence-electron chi connectivity index (χ0n) is 31.0. The van der Waals surface area contributed by atoms with Gasteiger partial charge in [-0.25, -0.2) is 0 Å². The van der Waals surface area contributed by atoms with E-state index in [1.54, 1.807) is 6.07 Å². The first-order chi connectivity index (χ1) is 27.5. The normalized spacial score (nSPS) is 11.4. The predicted octanol–water partition coefficient (Wildman–Crippen LogP) is 13.2. The fraction of sp³-hybridized carbons (Fsp3) is 0.0385. The molecule has 0 unspecified atom stereocenters. The van der Waals surface area contributed by atoms with Crippen molar-refractivity contribution in [2.24, 2.45) is 0 Å². The van der Waals surface area contributed by atoms with E-state index in [4.69, 9.17) is 0 Å². The summed E-state index contributed by atoms with van der Waals surface area (Å²) in [6, 6.07) is 64.2. The second-order valence-corrected chi connectivity index (χ2v) is 14.5. The smallest absolute Gasteiger partial charge is 0.0998 e. The largest absolute Gasteiger partial charge is 0.309 e. The number of nitrogens with zero attached hydrogens (tertiary/aromatic N) is 4. The van der Waals surface area contributed by atoms with Gasteiger partial charge < -0.3 is 9.13 Å². The average Bonchev–Trinajstić information content (AvgIpc) is 3.75. The molecule has 0 fully saturated rings. The van der Waals surface area contributed by atoms with Crippen molar-refractivity contribution >= 4 is 43.6 Å². The number of fused-ring (bicyclic) bond motifs is 6. The zero-order valence-corrected chi connectivity index (χ0v) is 31.0. The van der Waals surface area contributed by atoms with Crippen molar-refractivity contribution in [1.82, 2.24) is 9.13 Å². The first-order valence-electron chi connectivity index (χ1n) is 18.8. The molecule has 0 saturated heterocycles. The summed E-state index contributed by atoms with van der Waals surface area (Å²) >= 11 is 0. The number of para-hydroxylation sites is 2. The summed E-state index contributed by atoms with van der Waals surface area (Å²) in [6.45, 7) is 4.33. The Hall–Kier alpha value is -7.66. The van der Waals surface area contributed by atoms with Crippen molar-refractivity contribution in [3.8, 4) is 56.9 Å². The fourth-order valence-electron chi connectivity index (χ4n) is 8.72. The monoisotopic (exact) mass is 714 g/mol. The van der Waals surface area contributed by atoms with Crippen LogP contribution < -0.4 is 0 Å². The number of aromatic nitrogens is 2. The van der Waals surface area contributed by atoms with E-state index in [0.29, 0.717) is 11.1 Å². The van der Waals surface area contributed by atoms with Gasteiger partial charge in [-0.15, -0.1) is 0 Å². The number of rotatable bonds is 5. The molecule has 0 atom stereocenters. The molecule has 0 N–H and O–H groups in total. The van der Waals surface area contributed by atoms with Gasteiger partial charge in [0, 0.05) is 32.7 Å². The van der Waals surface area contributed by atoms with Gasteiger partial charge in [0.05, 0.1) is 56.7 Å². The molecule has 0 saturated carbocycles. The second kappa shape index (κ2) is 13.0. The van der Waals surface area contributed by atoms with E-state index in [0.717, 1.165) is 99.5 Å². The Bertz CT molecular complexity index is 3160. The molecule has 0 spiro atoms. The number of aryl methyl sites for hydroxylation is 2. The highest BCUT2D eigenvalue weighted by Crippen LogP contribution is 2.46. The lowest BCUT2D eigenvalue weighted by Crippen LogP contribution is -2.04. The Morgan fingerprint density at radius 2 is 1.02 bits per heavy atom. The van der Waals surface area contributed by atoms with Crippen molar-refractivity contribution < 1.29 is 0 Å². The second-order valence-electron chi connectivity index (χ2n) is 14.5. The van der Waals surface area contributed by atoms with Gasteiger partial charge >= 0.3 is 0 Å². The predicted molar refractivity (Wildman–Crippen MR) is 230 cm³/mol. The maximum Gasteiger partial charge on any atom is 0.0998 e. The van der Waals surface area contributed by atoms with Crippen molar-refractivity contribution in [1.29, 1.82) is 10.5 Å². The quantitative estimate of drug-likeness (QED) is 0.178. The van der Waals surface area contributed by atoms with E-state index in [1.165, 1.54) is 0 Å². The highest BCUT2D eigenvalue weighted by atomic mass is 15.0. The third-order valence-electron chi connectivity index (χ3n) is 11.2. The van der Waals surface area contributed by atoms with Gasteiger partial charge in [0.15, 0.2) is 0 Å². The van der Waals surface area contributed by atoms with Crippen LogP contribution in [0.2, 0.25) is 0 Å². The molecule has 10 rings (SSSR count). The minimum atomic E-state index is 0.452. The molecular formula is C52H34N4. The minimum absolute atomic E-state index is 0.452. The summed E-state index contributed by atoms with van der Waals surface area (Å²) in [5.41, 5.74) is 15.8. The molecule has 56 heavy (non-hydrogen) atoms. The summed E-state index contributed by atoms with van der Waals surface area (Å²) in [5, 5.41) is 25.2. The molecule has 2 aromatic heterocycles. The van der Waals surface area contributed by atoms with Crippen LogP contribution in [0.4, 0.5) is 0 Å². The first kappa shape index (κ1) is 32.9. The summed E-state index contributed by atoms with van der Waals surface area (Å²) < 4.78 is 4.76. The molecule has 4 heteroatoms. The molecule has 4 nitrogen and oxygen atoms in total. The number of benzene rings is 8. The van der Waals surface area contributed by atoms with E-state index in [2.05, 4.69) is 175 Å². The Balaban J connectivity index is 1.40. The van der Waals surface area contributed by atoms with Gasteiger partial charge in [0.2, 0.25) is 0 Å². The van der Waals surface area contributed by atoms with E-state index < -0.39 is 0 Å². The summed E-state index contributed by atoms with van der Waals surface area (Å²) in [5.74, 6) is 0. The molecule has 0 aliphatic carbocycles. The maximum atomic E-state index is 10.8. The molecule has 8 aromatic carbocycles. The lowest BCUT2D eigenvalue weighted by Gasteiger charge is -2.20. The van der Waals surface area contributed by atoms with Crippen LogP contribution >= 0.6 is 0 Å².